The number of carbonyl (C=O) groups excluding carboxylic acids is 1. The van der Waals surface area contributed by atoms with Gasteiger partial charge in [0, 0.05) is 5.92 Å². The van der Waals surface area contributed by atoms with Crippen LogP contribution < -0.4 is 10.1 Å². The highest BCUT2D eigenvalue weighted by molar-refractivity contribution is 5.78. The molecule has 1 N–H and O–H groups in total. The molecular formula is C16H25NO2. The van der Waals surface area contributed by atoms with Crippen LogP contribution in [0.4, 0.5) is 0 Å². The van der Waals surface area contributed by atoms with Crippen LogP contribution in [0, 0.1) is 11.8 Å². The molecule has 0 saturated carbocycles. The highest BCUT2D eigenvalue weighted by atomic mass is 16.5. The lowest BCUT2D eigenvalue weighted by atomic mass is 9.96. The molecule has 0 fully saturated rings. The molecule has 1 rings (SSSR count). The zero-order chi connectivity index (χ0) is 14.4. The zero-order valence-corrected chi connectivity index (χ0v) is 12.6. The summed E-state index contributed by atoms with van der Waals surface area (Å²) in [6, 6.07) is 7.98. The first-order chi connectivity index (χ1) is 8.93. The summed E-state index contributed by atoms with van der Waals surface area (Å²) in [5.74, 6) is 1.47. The Bertz CT molecular complexity index is 396. The molecule has 0 unspecified atom stereocenters. The van der Waals surface area contributed by atoms with Gasteiger partial charge in [0.15, 0.2) is 0 Å². The molecule has 106 valence electrons. The van der Waals surface area contributed by atoms with Gasteiger partial charge in [-0.1, -0.05) is 39.8 Å². The van der Waals surface area contributed by atoms with Crippen LogP contribution in [0.1, 0.15) is 45.7 Å². The second-order valence-electron chi connectivity index (χ2n) is 5.62. The van der Waals surface area contributed by atoms with Crippen LogP contribution >= 0.6 is 0 Å². The minimum atomic E-state index is 0.00732. The molecule has 0 aromatic heterocycles. The van der Waals surface area contributed by atoms with Crippen molar-refractivity contribution < 1.29 is 9.53 Å². The third kappa shape index (κ3) is 4.93. The maximum atomic E-state index is 11.9. The number of hydrogen-bond acceptors (Lipinski definition) is 2. The summed E-state index contributed by atoms with van der Waals surface area (Å²) in [5, 5.41) is 3.12. The summed E-state index contributed by atoms with van der Waals surface area (Å²) in [4.78, 5) is 11.9. The van der Waals surface area contributed by atoms with Crippen LogP contribution in [0.2, 0.25) is 0 Å². The van der Waals surface area contributed by atoms with Gasteiger partial charge in [0.25, 0.3) is 0 Å². The molecule has 1 atom stereocenters. The van der Waals surface area contributed by atoms with E-state index in [0.29, 0.717) is 5.92 Å². The molecule has 3 nitrogen and oxygen atoms in total. The van der Waals surface area contributed by atoms with Crippen molar-refractivity contribution in [3.8, 4) is 5.75 Å². The van der Waals surface area contributed by atoms with Crippen LogP contribution in [0.25, 0.3) is 0 Å². The molecule has 3 heteroatoms. The Morgan fingerprint density at radius 2 is 1.74 bits per heavy atom. The van der Waals surface area contributed by atoms with Crippen LogP contribution in [-0.2, 0) is 4.79 Å². The molecule has 0 aliphatic rings. The van der Waals surface area contributed by atoms with Gasteiger partial charge < -0.3 is 10.1 Å². The number of nitrogens with one attached hydrogen (secondary N) is 1. The summed E-state index contributed by atoms with van der Waals surface area (Å²) in [5.41, 5.74) is 1.13. The average Bonchev–Trinajstić information content (AvgIpc) is 2.37. The second kappa shape index (κ2) is 7.17. The number of methoxy groups -OCH3 is 1. The van der Waals surface area contributed by atoms with E-state index in [9.17, 15) is 4.79 Å². The van der Waals surface area contributed by atoms with Gasteiger partial charge in [0.1, 0.15) is 5.75 Å². The van der Waals surface area contributed by atoms with E-state index in [1.54, 1.807) is 7.11 Å². The molecule has 0 spiro atoms. The largest absolute Gasteiger partial charge is 0.497 e. The van der Waals surface area contributed by atoms with Crippen LogP contribution in [-0.4, -0.2) is 13.0 Å². The molecular weight excluding hydrogens is 238 g/mol. The SMILES string of the molecule is COc1ccc([C@@H](CC(C)C)NC(=O)C(C)C)cc1. The minimum absolute atomic E-state index is 0.00732. The van der Waals surface area contributed by atoms with Crippen molar-refractivity contribution in [2.45, 2.75) is 40.2 Å². The minimum Gasteiger partial charge on any atom is -0.497 e. The molecule has 0 heterocycles. The fourth-order valence-electron chi connectivity index (χ4n) is 1.92. The lowest BCUT2D eigenvalue weighted by Gasteiger charge is -2.22. The van der Waals surface area contributed by atoms with Gasteiger partial charge in [0.05, 0.1) is 13.2 Å². The third-order valence-corrected chi connectivity index (χ3v) is 3.07. The van der Waals surface area contributed by atoms with E-state index in [4.69, 9.17) is 4.74 Å². The van der Waals surface area contributed by atoms with Gasteiger partial charge in [-0.3, -0.25) is 4.79 Å². The summed E-state index contributed by atoms with van der Waals surface area (Å²) in [6.07, 6.45) is 0.935. The third-order valence-electron chi connectivity index (χ3n) is 3.07. The Balaban J connectivity index is 2.85. The number of ether oxygens (including phenoxy) is 1. The Morgan fingerprint density at radius 1 is 1.16 bits per heavy atom. The quantitative estimate of drug-likeness (QED) is 0.852. The van der Waals surface area contributed by atoms with E-state index < -0.39 is 0 Å². The molecule has 0 aliphatic carbocycles. The highest BCUT2D eigenvalue weighted by Crippen LogP contribution is 2.23. The van der Waals surface area contributed by atoms with Crippen molar-refractivity contribution in [2.24, 2.45) is 11.8 Å². The summed E-state index contributed by atoms with van der Waals surface area (Å²) in [7, 11) is 1.65. The standard InChI is InChI=1S/C16H25NO2/c1-11(2)10-15(17-16(18)12(3)4)13-6-8-14(19-5)9-7-13/h6-9,11-12,15H,10H2,1-5H3,(H,17,18)/t15-/m1/s1. The van der Waals surface area contributed by atoms with Crippen molar-refractivity contribution >= 4 is 5.91 Å². The monoisotopic (exact) mass is 263 g/mol. The van der Waals surface area contributed by atoms with E-state index in [0.717, 1.165) is 17.7 Å². The first-order valence-corrected chi connectivity index (χ1v) is 6.88. The second-order valence-corrected chi connectivity index (χ2v) is 5.62. The summed E-state index contributed by atoms with van der Waals surface area (Å²) >= 11 is 0. The molecule has 0 radical (unpaired) electrons. The van der Waals surface area contributed by atoms with Gasteiger partial charge in [-0.2, -0.15) is 0 Å². The number of carbonyl (C=O) groups is 1. The van der Waals surface area contributed by atoms with E-state index in [1.165, 1.54) is 0 Å². The van der Waals surface area contributed by atoms with Gasteiger partial charge in [0.2, 0.25) is 5.91 Å². The summed E-state index contributed by atoms with van der Waals surface area (Å²) < 4.78 is 5.16. The molecule has 0 saturated heterocycles. The first-order valence-electron chi connectivity index (χ1n) is 6.88. The Labute approximate surface area is 116 Å². The van der Waals surface area contributed by atoms with Gasteiger partial charge >= 0.3 is 0 Å². The van der Waals surface area contributed by atoms with E-state index in [1.807, 2.05) is 38.1 Å². The van der Waals surface area contributed by atoms with Gasteiger partial charge in [-0.25, -0.2) is 0 Å². The van der Waals surface area contributed by atoms with E-state index in [-0.39, 0.29) is 17.9 Å². The Kier molecular flexibility index (Phi) is 5.87. The molecule has 19 heavy (non-hydrogen) atoms. The molecule has 1 amide bonds. The van der Waals surface area contributed by atoms with Crippen molar-refractivity contribution in [2.75, 3.05) is 7.11 Å². The molecule has 0 aliphatic heterocycles. The fraction of sp³-hybridized carbons (Fsp3) is 0.562. The predicted molar refractivity (Wildman–Crippen MR) is 78.2 cm³/mol. The maximum absolute atomic E-state index is 11.9. The maximum Gasteiger partial charge on any atom is 0.223 e. The molecule has 1 aromatic carbocycles. The Hall–Kier alpha value is -1.51. The van der Waals surface area contributed by atoms with E-state index >= 15 is 0 Å². The summed E-state index contributed by atoms with van der Waals surface area (Å²) in [6.45, 7) is 8.15. The van der Waals surface area contributed by atoms with Crippen LogP contribution in [0.5, 0.6) is 5.75 Å². The Morgan fingerprint density at radius 3 is 2.16 bits per heavy atom. The number of benzene rings is 1. The lowest BCUT2D eigenvalue weighted by molar-refractivity contribution is -0.124. The smallest absolute Gasteiger partial charge is 0.223 e. The van der Waals surface area contributed by atoms with Crippen molar-refractivity contribution in [1.29, 1.82) is 0 Å². The highest BCUT2D eigenvalue weighted by Gasteiger charge is 2.17. The lowest BCUT2D eigenvalue weighted by Crippen LogP contribution is -2.32. The predicted octanol–water partition coefficient (Wildman–Crippen LogP) is 3.55. The average molecular weight is 263 g/mol. The molecule has 1 aromatic rings. The van der Waals surface area contributed by atoms with Crippen molar-refractivity contribution in [3.05, 3.63) is 29.8 Å². The topological polar surface area (TPSA) is 38.3 Å². The van der Waals surface area contributed by atoms with Crippen LogP contribution in [0.3, 0.4) is 0 Å². The van der Waals surface area contributed by atoms with Gasteiger partial charge in [-0.05, 0) is 30.0 Å². The fourth-order valence-corrected chi connectivity index (χ4v) is 1.92. The number of rotatable bonds is 6. The zero-order valence-electron chi connectivity index (χ0n) is 12.6. The number of amides is 1. The van der Waals surface area contributed by atoms with Gasteiger partial charge in [-0.15, -0.1) is 0 Å². The van der Waals surface area contributed by atoms with Crippen LogP contribution in [0.15, 0.2) is 24.3 Å². The molecule has 0 bridgehead atoms. The first kappa shape index (κ1) is 15.5. The van der Waals surface area contributed by atoms with Crippen molar-refractivity contribution in [1.82, 2.24) is 5.32 Å². The van der Waals surface area contributed by atoms with Crippen molar-refractivity contribution in [3.63, 3.8) is 0 Å². The van der Waals surface area contributed by atoms with E-state index in [2.05, 4.69) is 19.2 Å². The normalized spacial score (nSPS) is 12.6. The number of hydrogen-bond donors (Lipinski definition) is 1.